The van der Waals surface area contributed by atoms with Gasteiger partial charge in [-0.3, -0.25) is 14.4 Å². The fourth-order valence-electron chi connectivity index (χ4n) is 2.01. The Kier molecular flexibility index (Phi) is 3.75. The van der Waals surface area contributed by atoms with E-state index in [4.69, 9.17) is 10.6 Å². The van der Waals surface area contributed by atoms with E-state index in [-0.39, 0.29) is 18.4 Å². The minimum absolute atomic E-state index is 0.169. The number of fused-ring (bicyclic) bond motifs is 1. The lowest BCUT2D eigenvalue weighted by atomic mass is 9.87. The fraction of sp³-hybridized carbons (Fsp3) is 0.455. The van der Waals surface area contributed by atoms with Gasteiger partial charge in [0.25, 0.3) is 5.91 Å². The van der Waals surface area contributed by atoms with Crippen molar-refractivity contribution in [1.29, 1.82) is 0 Å². The zero-order chi connectivity index (χ0) is 12.3. The Balaban J connectivity index is 1.95. The molecule has 17 heavy (non-hydrogen) atoms. The third-order valence-electron chi connectivity index (χ3n) is 2.76. The standard InChI is InChI=1S/C11H14N2O3S/c12-10(14)6-16-13-11(15)8-2-1-3-9-7(8)4-5-17-9/h4-5,8H,1-3,6H2,(H2,12,14)(H,13,15). The summed E-state index contributed by atoms with van der Waals surface area (Å²) >= 11 is 1.68. The minimum atomic E-state index is -0.606. The van der Waals surface area contributed by atoms with Crippen LogP contribution in [0.2, 0.25) is 0 Å². The Morgan fingerprint density at radius 2 is 2.41 bits per heavy atom. The maximum Gasteiger partial charge on any atom is 0.251 e. The van der Waals surface area contributed by atoms with Gasteiger partial charge in [0.2, 0.25) is 5.91 Å². The summed E-state index contributed by atoms with van der Waals surface area (Å²) in [6, 6.07) is 1.98. The smallest absolute Gasteiger partial charge is 0.251 e. The first-order chi connectivity index (χ1) is 8.18. The van der Waals surface area contributed by atoms with Crippen LogP contribution in [0.1, 0.15) is 29.2 Å². The molecule has 2 rings (SSSR count). The van der Waals surface area contributed by atoms with Gasteiger partial charge in [0.15, 0.2) is 6.61 Å². The predicted molar refractivity (Wildman–Crippen MR) is 63.3 cm³/mol. The van der Waals surface area contributed by atoms with Crippen LogP contribution in [-0.2, 0) is 20.8 Å². The monoisotopic (exact) mass is 254 g/mol. The Labute approximate surface area is 103 Å². The van der Waals surface area contributed by atoms with Crippen LogP contribution < -0.4 is 11.2 Å². The van der Waals surface area contributed by atoms with Gasteiger partial charge in [0, 0.05) is 4.88 Å². The van der Waals surface area contributed by atoms with Crippen LogP contribution in [-0.4, -0.2) is 18.4 Å². The number of hydrogen-bond donors (Lipinski definition) is 2. The van der Waals surface area contributed by atoms with Crippen molar-refractivity contribution < 1.29 is 14.4 Å². The van der Waals surface area contributed by atoms with Gasteiger partial charge in [-0.15, -0.1) is 11.3 Å². The predicted octanol–water partition coefficient (Wildman–Crippen LogP) is 0.701. The molecule has 0 bridgehead atoms. The lowest BCUT2D eigenvalue weighted by Crippen LogP contribution is -2.33. The largest absolute Gasteiger partial charge is 0.368 e. The summed E-state index contributed by atoms with van der Waals surface area (Å²) in [6.07, 6.45) is 2.86. The van der Waals surface area contributed by atoms with Crippen LogP contribution in [0.3, 0.4) is 0 Å². The van der Waals surface area contributed by atoms with E-state index in [9.17, 15) is 9.59 Å². The van der Waals surface area contributed by atoms with E-state index >= 15 is 0 Å². The maximum absolute atomic E-state index is 11.9. The maximum atomic E-state index is 11.9. The summed E-state index contributed by atoms with van der Waals surface area (Å²) in [5.74, 6) is -0.978. The molecule has 1 aliphatic rings. The van der Waals surface area contributed by atoms with Gasteiger partial charge in [-0.25, -0.2) is 5.48 Å². The lowest BCUT2D eigenvalue weighted by Gasteiger charge is -2.21. The topological polar surface area (TPSA) is 81.4 Å². The van der Waals surface area contributed by atoms with E-state index in [1.54, 1.807) is 11.3 Å². The molecule has 1 heterocycles. The number of rotatable bonds is 4. The number of carbonyl (C=O) groups excluding carboxylic acids is 2. The summed E-state index contributed by atoms with van der Waals surface area (Å²) in [7, 11) is 0. The summed E-state index contributed by atoms with van der Waals surface area (Å²) in [4.78, 5) is 28.3. The Hall–Kier alpha value is -1.40. The first-order valence-electron chi connectivity index (χ1n) is 5.44. The molecule has 1 aliphatic carbocycles. The third kappa shape index (κ3) is 2.83. The Bertz CT molecular complexity index is 430. The molecule has 1 atom stereocenters. The van der Waals surface area contributed by atoms with Crippen LogP contribution in [0.15, 0.2) is 11.4 Å². The van der Waals surface area contributed by atoms with Crippen molar-refractivity contribution in [2.45, 2.75) is 25.2 Å². The van der Waals surface area contributed by atoms with Crippen molar-refractivity contribution in [3.05, 3.63) is 21.9 Å². The molecule has 3 N–H and O–H groups in total. The van der Waals surface area contributed by atoms with E-state index in [1.165, 1.54) is 4.88 Å². The molecule has 92 valence electrons. The average molecular weight is 254 g/mol. The molecule has 0 saturated heterocycles. The SMILES string of the molecule is NC(=O)CONC(=O)C1CCCc2sccc21. The zero-order valence-electron chi connectivity index (χ0n) is 9.27. The molecular formula is C11H14N2O3S. The zero-order valence-corrected chi connectivity index (χ0v) is 10.1. The first-order valence-corrected chi connectivity index (χ1v) is 6.32. The Morgan fingerprint density at radius 1 is 1.59 bits per heavy atom. The van der Waals surface area contributed by atoms with Crippen LogP contribution in [0.5, 0.6) is 0 Å². The Morgan fingerprint density at radius 3 is 3.18 bits per heavy atom. The number of hydrogen-bond acceptors (Lipinski definition) is 4. The van der Waals surface area contributed by atoms with Crippen molar-refractivity contribution in [3.63, 3.8) is 0 Å². The van der Waals surface area contributed by atoms with Crippen molar-refractivity contribution in [3.8, 4) is 0 Å². The number of amides is 2. The number of aryl methyl sites for hydroxylation is 1. The molecule has 0 aliphatic heterocycles. The third-order valence-corrected chi connectivity index (χ3v) is 3.75. The van der Waals surface area contributed by atoms with Crippen molar-refractivity contribution in [1.82, 2.24) is 5.48 Å². The van der Waals surface area contributed by atoms with Crippen molar-refractivity contribution >= 4 is 23.2 Å². The molecule has 0 spiro atoms. The molecule has 0 radical (unpaired) electrons. The van der Waals surface area contributed by atoms with E-state index in [1.807, 2.05) is 11.4 Å². The molecular weight excluding hydrogens is 240 g/mol. The van der Waals surface area contributed by atoms with Crippen molar-refractivity contribution in [2.75, 3.05) is 6.61 Å². The van der Waals surface area contributed by atoms with Gasteiger partial charge in [-0.05, 0) is 36.3 Å². The van der Waals surface area contributed by atoms with E-state index < -0.39 is 5.91 Å². The second-order valence-corrected chi connectivity index (χ2v) is 4.97. The van der Waals surface area contributed by atoms with E-state index in [2.05, 4.69) is 5.48 Å². The van der Waals surface area contributed by atoms with Gasteiger partial charge in [-0.2, -0.15) is 0 Å². The highest BCUT2D eigenvalue weighted by Gasteiger charge is 2.27. The average Bonchev–Trinajstić information content (AvgIpc) is 2.75. The fourth-order valence-corrected chi connectivity index (χ4v) is 3.00. The van der Waals surface area contributed by atoms with Crippen LogP contribution in [0.4, 0.5) is 0 Å². The van der Waals surface area contributed by atoms with Gasteiger partial charge in [0.05, 0.1) is 5.92 Å². The van der Waals surface area contributed by atoms with Crippen LogP contribution in [0.25, 0.3) is 0 Å². The molecule has 0 fully saturated rings. The highest BCUT2D eigenvalue weighted by atomic mass is 32.1. The molecule has 1 unspecified atom stereocenters. The summed E-state index contributed by atoms with van der Waals surface area (Å²) < 4.78 is 0. The van der Waals surface area contributed by atoms with Gasteiger partial charge in [-0.1, -0.05) is 0 Å². The molecule has 1 aromatic heterocycles. The second-order valence-electron chi connectivity index (χ2n) is 3.97. The molecule has 2 amide bonds. The van der Waals surface area contributed by atoms with E-state index in [0.29, 0.717) is 0 Å². The highest BCUT2D eigenvalue weighted by molar-refractivity contribution is 7.10. The lowest BCUT2D eigenvalue weighted by molar-refractivity contribution is -0.139. The van der Waals surface area contributed by atoms with Gasteiger partial charge in [0.1, 0.15) is 0 Å². The number of nitrogens with one attached hydrogen (secondary N) is 1. The minimum Gasteiger partial charge on any atom is -0.368 e. The first kappa shape index (κ1) is 12.1. The number of hydroxylamine groups is 1. The number of carbonyl (C=O) groups is 2. The second kappa shape index (κ2) is 5.29. The van der Waals surface area contributed by atoms with Gasteiger partial charge < -0.3 is 5.73 Å². The number of primary amides is 1. The molecule has 5 nitrogen and oxygen atoms in total. The van der Waals surface area contributed by atoms with Crippen LogP contribution in [0, 0.1) is 0 Å². The van der Waals surface area contributed by atoms with Crippen molar-refractivity contribution in [2.24, 2.45) is 5.73 Å². The molecule has 1 aromatic rings. The van der Waals surface area contributed by atoms with Crippen LogP contribution >= 0.6 is 11.3 Å². The molecule has 0 saturated carbocycles. The quantitative estimate of drug-likeness (QED) is 0.776. The van der Waals surface area contributed by atoms with Gasteiger partial charge >= 0.3 is 0 Å². The highest BCUT2D eigenvalue weighted by Crippen LogP contribution is 2.34. The normalized spacial score (nSPS) is 18.5. The molecule has 6 heteroatoms. The summed E-state index contributed by atoms with van der Waals surface area (Å²) in [6.45, 7) is -0.297. The number of nitrogens with two attached hydrogens (primary N) is 1. The number of thiophene rings is 1. The summed E-state index contributed by atoms with van der Waals surface area (Å²) in [5, 5.41) is 2.00. The summed E-state index contributed by atoms with van der Waals surface area (Å²) in [5.41, 5.74) is 8.27. The van der Waals surface area contributed by atoms with E-state index in [0.717, 1.165) is 24.8 Å². The molecule has 0 aromatic carbocycles.